The van der Waals surface area contributed by atoms with Crippen LogP contribution in [-0.2, 0) is 0 Å². The van der Waals surface area contributed by atoms with Crippen LogP contribution in [0.2, 0.25) is 0 Å². The average Bonchev–Trinajstić information content (AvgIpc) is 2.36. The van der Waals surface area contributed by atoms with E-state index in [0.29, 0.717) is 16.7 Å². The van der Waals surface area contributed by atoms with E-state index in [0.717, 1.165) is 0 Å². The molecule has 1 aromatic carbocycles. The summed E-state index contributed by atoms with van der Waals surface area (Å²) in [5.74, 6) is -4.74. The summed E-state index contributed by atoms with van der Waals surface area (Å²) < 4.78 is 39.5. The van der Waals surface area contributed by atoms with Gasteiger partial charge in [0.05, 0.1) is 18.0 Å². The zero-order valence-corrected chi connectivity index (χ0v) is 10.7. The Balaban J connectivity index is 2.25. The number of rotatable bonds is 2. The number of halogens is 4. The lowest BCUT2D eigenvalue weighted by molar-refractivity contribution is 0.102. The van der Waals surface area contributed by atoms with Crippen molar-refractivity contribution in [1.29, 1.82) is 0 Å². The molecule has 2 aromatic rings. The van der Waals surface area contributed by atoms with Gasteiger partial charge in [-0.2, -0.15) is 0 Å². The summed E-state index contributed by atoms with van der Waals surface area (Å²) in [6, 6.07) is 0.782. The van der Waals surface area contributed by atoms with Crippen molar-refractivity contribution >= 4 is 27.7 Å². The minimum Gasteiger partial charge on any atom is -0.305 e. The SMILES string of the molecule is O=C(Nc1cnc(Br)cn1)c1cc(F)c(F)cc1F. The molecule has 8 heteroatoms. The molecule has 19 heavy (non-hydrogen) atoms. The van der Waals surface area contributed by atoms with E-state index in [-0.39, 0.29) is 5.82 Å². The summed E-state index contributed by atoms with van der Waals surface area (Å²) in [7, 11) is 0. The number of carbonyl (C=O) groups excluding carboxylic acids is 1. The standard InChI is InChI=1S/C11H5BrF3N3O/c12-9-3-17-10(4-16-9)18-11(19)5-1-7(14)8(15)2-6(5)13/h1-4H,(H,17,18,19). The maximum absolute atomic E-state index is 13.3. The van der Waals surface area contributed by atoms with E-state index in [9.17, 15) is 18.0 Å². The van der Waals surface area contributed by atoms with Crippen molar-refractivity contribution < 1.29 is 18.0 Å². The first-order valence-corrected chi connectivity index (χ1v) is 5.70. The highest BCUT2D eigenvalue weighted by atomic mass is 79.9. The lowest BCUT2D eigenvalue weighted by Crippen LogP contribution is -2.15. The number of aromatic nitrogens is 2. The molecule has 0 unspecified atom stereocenters. The minimum atomic E-state index is -1.36. The first-order chi connectivity index (χ1) is 8.97. The molecule has 0 bridgehead atoms. The van der Waals surface area contributed by atoms with Crippen LogP contribution in [0.15, 0.2) is 29.1 Å². The largest absolute Gasteiger partial charge is 0.305 e. The second kappa shape index (κ2) is 5.35. The van der Waals surface area contributed by atoms with Crippen molar-refractivity contribution in [2.24, 2.45) is 0 Å². The number of hydrogen-bond donors (Lipinski definition) is 1. The molecule has 1 amide bonds. The van der Waals surface area contributed by atoms with E-state index in [1.54, 1.807) is 0 Å². The summed E-state index contributed by atoms with van der Waals surface area (Å²) in [6.45, 7) is 0. The molecule has 1 heterocycles. The molecule has 0 aliphatic carbocycles. The first-order valence-electron chi connectivity index (χ1n) is 4.91. The van der Waals surface area contributed by atoms with Crippen molar-refractivity contribution in [1.82, 2.24) is 9.97 Å². The van der Waals surface area contributed by atoms with E-state index in [4.69, 9.17) is 0 Å². The van der Waals surface area contributed by atoms with Crippen LogP contribution in [0.4, 0.5) is 19.0 Å². The highest BCUT2D eigenvalue weighted by Crippen LogP contribution is 2.15. The van der Waals surface area contributed by atoms with E-state index in [1.807, 2.05) is 0 Å². The molecule has 0 radical (unpaired) electrons. The number of amides is 1. The predicted octanol–water partition coefficient (Wildman–Crippen LogP) is 2.91. The lowest BCUT2D eigenvalue weighted by atomic mass is 10.2. The molecular weight excluding hydrogens is 327 g/mol. The lowest BCUT2D eigenvalue weighted by Gasteiger charge is -2.05. The zero-order valence-electron chi connectivity index (χ0n) is 9.12. The fourth-order valence-corrected chi connectivity index (χ4v) is 1.46. The van der Waals surface area contributed by atoms with Crippen LogP contribution >= 0.6 is 15.9 Å². The van der Waals surface area contributed by atoms with Gasteiger partial charge in [0.2, 0.25) is 0 Å². The molecule has 0 atom stereocenters. The molecule has 98 valence electrons. The second-order valence-electron chi connectivity index (χ2n) is 3.42. The molecular formula is C11H5BrF3N3O. The van der Waals surface area contributed by atoms with Crippen LogP contribution in [0.1, 0.15) is 10.4 Å². The molecule has 2 rings (SSSR count). The first kappa shape index (κ1) is 13.5. The maximum Gasteiger partial charge on any atom is 0.259 e. The Hall–Kier alpha value is -1.96. The predicted molar refractivity (Wildman–Crippen MR) is 64.0 cm³/mol. The number of anilines is 1. The Bertz CT molecular complexity index is 634. The molecule has 0 saturated carbocycles. The third kappa shape index (κ3) is 3.08. The molecule has 0 aliphatic rings. The van der Waals surface area contributed by atoms with Gasteiger partial charge >= 0.3 is 0 Å². The quantitative estimate of drug-likeness (QED) is 0.861. The summed E-state index contributed by atoms with van der Waals surface area (Å²) in [6.07, 6.45) is 2.54. The topological polar surface area (TPSA) is 54.9 Å². The van der Waals surface area contributed by atoms with Crippen molar-refractivity contribution in [3.63, 3.8) is 0 Å². The Morgan fingerprint density at radius 2 is 1.74 bits per heavy atom. The fraction of sp³-hybridized carbons (Fsp3) is 0. The molecule has 0 spiro atoms. The van der Waals surface area contributed by atoms with Crippen molar-refractivity contribution in [3.8, 4) is 0 Å². The van der Waals surface area contributed by atoms with Crippen LogP contribution in [-0.4, -0.2) is 15.9 Å². The van der Waals surface area contributed by atoms with Crippen molar-refractivity contribution in [2.45, 2.75) is 0 Å². The van der Waals surface area contributed by atoms with Crippen LogP contribution in [0.5, 0.6) is 0 Å². The van der Waals surface area contributed by atoms with Gasteiger partial charge in [-0.25, -0.2) is 23.1 Å². The molecule has 1 aromatic heterocycles. The molecule has 0 fully saturated rings. The number of nitrogens with zero attached hydrogens (tertiary/aromatic N) is 2. The highest BCUT2D eigenvalue weighted by Gasteiger charge is 2.16. The minimum absolute atomic E-state index is 0.0531. The summed E-state index contributed by atoms with van der Waals surface area (Å²) in [4.78, 5) is 19.2. The van der Waals surface area contributed by atoms with E-state index < -0.39 is 28.9 Å². The van der Waals surface area contributed by atoms with Crippen LogP contribution in [0.3, 0.4) is 0 Å². The number of carbonyl (C=O) groups is 1. The number of nitrogens with one attached hydrogen (secondary N) is 1. The molecule has 1 N–H and O–H groups in total. The van der Waals surface area contributed by atoms with E-state index in [1.165, 1.54) is 12.4 Å². The summed E-state index contributed by atoms with van der Waals surface area (Å²) >= 11 is 3.05. The van der Waals surface area contributed by atoms with Crippen LogP contribution < -0.4 is 5.32 Å². The van der Waals surface area contributed by atoms with Gasteiger partial charge in [0, 0.05) is 6.07 Å². The second-order valence-corrected chi connectivity index (χ2v) is 4.24. The van der Waals surface area contributed by atoms with Gasteiger partial charge < -0.3 is 5.32 Å². The van der Waals surface area contributed by atoms with Crippen LogP contribution in [0.25, 0.3) is 0 Å². The van der Waals surface area contributed by atoms with Crippen molar-refractivity contribution in [3.05, 3.63) is 52.1 Å². The van der Waals surface area contributed by atoms with Gasteiger partial charge in [-0.05, 0) is 22.0 Å². The Kier molecular flexibility index (Phi) is 3.79. The average molecular weight is 332 g/mol. The van der Waals surface area contributed by atoms with Gasteiger partial charge in [-0.1, -0.05) is 0 Å². The maximum atomic E-state index is 13.3. The van der Waals surface area contributed by atoms with Crippen molar-refractivity contribution in [2.75, 3.05) is 5.32 Å². The Morgan fingerprint density at radius 3 is 2.37 bits per heavy atom. The van der Waals surface area contributed by atoms with E-state index in [2.05, 4.69) is 31.2 Å². The summed E-state index contributed by atoms with van der Waals surface area (Å²) in [5.41, 5.74) is -0.622. The van der Waals surface area contributed by atoms with Gasteiger partial charge in [-0.3, -0.25) is 4.79 Å². The van der Waals surface area contributed by atoms with Gasteiger partial charge in [-0.15, -0.1) is 0 Å². The summed E-state index contributed by atoms with van der Waals surface area (Å²) in [5, 5.41) is 2.21. The normalized spacial score (nSPS) is 10.3. The molecule has 0 saturated heterocycles. The monoisotopic (exact) mass is 331 g/mol. The molecule has 0 aliphatic heterocycles. The third-order valence-corrected chi connectivity index (χ3v) is 2.53. The Morgan fingerprint density at radius 1 is 1.05 bits per heavy atom. The Labute approximate surface area is 113 Å². The number of hydrogen-bond acceptors (Lipinski definition) is 3. The smallest absolute Gasteiger partial charge is 0.259 e. The highest BCUT2D eigenvalue weighted by molar-refractivity contribution is 9.10. The zero-order chi connectivity index (χ0) is 14.0. The van der Waals surface area contributed by atoms with Gasteiger partial charge in [0.1, 0.15) is 10.4 Å². The van der Waals surface area contributed by atoms with E-state index >= 15 is 0 Å². The van der Waals surface area contributed by atoms with Gasteiger partial charge in [0.25, 0.3) is 5.91 Å². The van der Waals surface area contributed by atoms with Gasteiger partial charge in [0.15, 0.2) is 17.5 Å². The third-order valence-electron chi connectivity index (χ3n) is 2.12. The number of benzene rings is 1. The van der Waals surface area contributed by atoms with Crippen LogP contribution in [0, 0.1) is 17.5 Å². The molecule has 4 nitrogen and oxygen atoms in total. The fourth-order valence-electron chi connectivity index (χ4n) is 1.26.